The Hall–Kier alpha value is -3.16. The molecule has 1 unspecified atom stereocenters. The highest BCUT2D eigenvalue weighted by molar-refractivity contribution is 7.89. The van der Waals surface area contributed by atoms with Crippen LogP contribution in [0.3, 0.4) is 0 Å². The Bertz CT molecular complexity index is 946. The van der Waals surface area contributed by atoms with Gasteiger partial charge < -0.3 is 14.5 Å². The van der Waals surface area contributed by atoms with Crippen molar-refractivity contribution in [3.8, 4) is 6.07 Å². The number of nitrogens with zero attached hydrogens (tertiary/aromatic N) is 1. The third kappa shape index (κ3) is 5.94. The summed E-state index contributed by atoms with van der Waals surface area (Å²) >= 11 is 0. The van der Waals surface area contributed by atoms with Gasteiger partial charge in [-0.2, -0.15) is 5.26 Å². The quantitative estimate of drug-likeness (QED) is 0.476. The molecule has 0 aliphatic heterocycles. The minimum absolute atomic E-state index is 0.00579. The van der Waals surface area contributed by atoms with Gasteiger partial charge in [0.25, 0.3) is 5.91 Å². The molecule has 0 bridgehead atoms. The molecule has 148 valence electrons. The minimum Gasteiger partial charge on any atom is -0.467 e. The van der Waals surface area contributed by atoms with Crippen molar-refractivity contribution in [3.05, 3.63) is 54.0 Å². The van der Waals surface area contributed by atoms with Gasteiger partial charge in [0.2, 0.25) is 10.0 Å². The SMILES string of the molecule is CC(NC(=O)COC(=O)c1ccc(S(=O)(=O)NCCC#N)cc1)c1ccco1. The molecule has 0 aliphatic carbocycles. The van der Waals surface area contributed by atoms with E-state index in [1.165, 1.54) is 30.5 Å². The molecule has 28 heavy (non-hydrogen) atoms. The van der Waals surface area contributed by atoms with Crippen molar-refractivity contribution < 1.29 is 27.2 Å². The number of sulfonamides is 1. The number of nitrogens with one attached hydrogen (secondary N) is 2. The number of hydrogen-bond donors (Lipinski definition) is 2. The lowest BCUT2D eigenvalue weighted by Gasteiger charge is -2.11. The maximum Gasteiger partial charge on any atom is 0.338 e. The van der Waals surface area contributed by atoms with E-state index in [0.29, 0.717) is 5.76 Å². The van der Waals surface area contributed by atoms with Crippen LogP contribution in [0.25, 0.3) is 0 Å². The largest absolute Gasteiger partial charge is 0.467 e. The second kappa shape index (κ2) is 9.68. The van der Waals surface area contributed by atoms with Crippen molar-refractivity contribution in [2.24, 2.45) is 0 Å². The first-order chi connectivity index (χ1) is 13.3. The molecule has 1 heterocycles. The molecular weight excluding hydrogens is 386 g/mol. The van der Waals surface area contributed by atoms with Crippen molar-refractivity contribution in [3.63, 3.8) is 0 Å². The van der Waals surface area contributed by atoms with Gasteiger partial charge in [0, 0.05) is 13.0 Å². The first kappa shape index (κ1) is 21.1. The molecule has 0 radical (unpaired) electrons. The molecule has 1 amide bonds. The zero-order chi connectivity index (χ0) is 20.6. The summed E-state index contributed by atoms with van der Waals surface area (Å²) in [4.78, 5) is 23.8. The van der Waals surface area contributed by atoms with Crippen LogP contribution in [0.15, 0.2) is 52.0 Å². The number of esters is 1. The van der Waals surface area contributed by atoms with Crippen LogP contribution in [0.5, 0.6) is 0 Å². The Morgan fingerprint density at radius 2 is 1.96 bits per heavy atom. The molecule has 2 N–H and O–H groups in total. The zero-order valence-corrected chi connectivity index (χ0v) is 15.9. The van der Waals surface area contributed by atoms with Crippen molar-refractivity contribution in [1.29, 1.82) is 5.26 Å². The van der Waals surface area contributed by atoms with Crippen LogP contribution >= 0.6 is 0 Å². The Balaban J connectivity index is 1.87. The van der Waals surface area contributed by atoms with Crippen LogP contribution in [0.4, 0.5) is 0 Å². The van der Waals surface area contributed by atoms with E-state index in [4.69, 9.17) is 14.4 Å². The third-order valence-corrected chi connectivity index (χ3v) is 5.09. The molecule has 0 saturated heterocycles. The summed E-state index contributed by atoms with van der Waals surface area (Å²) in [5.41, 5.74) is 0.0999. The van der Waals surface area contributed by atoms with Crippen molar-refractivity contribution >= 4 is 21.9 Å². The second-order valence-electron chi connectivity index (χ2n) is 5.71. The molecule has 10 heteroatoms. The highest BCUT2D eigenvalue weighted by Gasteiger charge is 2.17. The molecule has 9 nitrogen and oxygen atoms in total. The normalized spacial score (nSPS) is 12.0. The Labute approximate surface area is 162 Å². The van der Waals surface area contributed by atoms with E-state index >= 15 is 0 Å². The zero-order valence-electron chi connectivity index (χ0n) is 15.0. The average molecular weight is 405 g/mol. The maximum atomic E-state index is 12.0. The molecule has 1 aromatic heterocycles. The van der Waals surface area contributed by atoms with E-state index in [9.17, 15) is 18.0 Å². The number of carbonyl (C=O) groups is 2. The number of nitriles is 1. The van der Waals surface area contributed by atoms with E-state index in [-0.39, 0.29) is 29.5 Å². The number of furan rings is 1. The molecule has 0 spiro atoms. The Morgan fingerprint density at radius 3 is 2.57 bits per heavy atom. The van der Waals surface area contributed by atoms with Gasteiger partial charge in [0.05, 0.1) is 28.8 Å². The van der Waals surface area contributed by atoms with Crippen LogP contribution in [-0.4, -0.2) is 33.4 Å². The number of amides is 1. The topological polar surface area (TPSA) is 138 Å². The van der Waals surface area contributed by atoms with E-state index in [1.54, 1.807) is 19.1 Å². The third-order valence-electron chi connectivity index (χ3n) is 3.61. The maximum absolute atomic E-state index is 12.0. The molecule has 2 rings (SSSR count). The van der Waals surface area contributed by atoms with Gasteiger partial charge in [-0.25, -0.2) is 17.9 Å². The number of carbonyl (C=O) groups excluding carboxylic acids is 2. The van der Waals surface area contributed by atoms with Crippen LogP contribution in [-0.2, 0) is 19.6 Å². The fraction of sp³-hybridized carbons (Fsp3) is 0.278. The molecule has 0 saturated carbocycles. The van der Waals surface area contributed by atoms with E-state index in [0.717, 1.165) is 0 Å². The van der Waals surface area contributed by atoms with Crippen molar-refractivity contribution in [2.45, 2.75) is 24.3 Å². The first-order valence-electron chi connectivity index (χ1n) is 8.30. The Kier molecular flexibility index (Phi) is 7.31. The molecule has 1 aromatic carbocycles. The van der Waals surface area contributed by atoms with Gasteiger partial charge in [-0.05, 0) is 43.3 Å². The number of rotatable bonds is 9. The molecule has 0 aliphatic rings. The highest BCUT2D eigenvalue weighted by atomic mass is 32.2. The van der Waals surface area contributed by atoms with E-state index in [2.05, 4.69) is 10.0 Å². The Morgan fingerprint density at radius 1 is 1.25 bits per heavy atom. The van der Waals surface area contributed by atoms with Crippen LogP contribution in [0.2, 0.25) is 0 Å². The van der Waals surface area contributed by atoms with Gasteiger partial charge in [0.1, 0.15) is 5.76 Å². The number of benzene rings is 1. The summed E-state index contributed by atoms with van der Waals surface area (Å²) in [5.74, 6) is -0.694. The van der Waals surface area contributed by atoms with Crippen LogP contribution < -0.4 is 10.0 Å². The summed E-state index contributed by atoms with van der Waals surface area (Å²) in [6.45, 7) is 1.23. The van der Waals surface area contributed by atoms with E-state index < -0.39 is 28.5 Å². The van der Waals surface area contributed by atoms with Gasteiger partial charge in [-0.3, -0.25) is 4.79 Å². The average Bonchev–Trinajstić information content (AvgIpc) is 3.21. The summed E-state index contributed by atoms with van der Waals surface area (Å²) in [7, 11) is -3.76. The first-order valence-corrected chi connectivity index (χ1v) is 9.78. The summed E-state index contributed by atoms with van der Waals surface area (Å²) < 4.78 is 36.4. The van der Waals surface area contributed by atoms with Gasteiger partial charge in [-0.1, -0.05) is 0 Å². The number of ether oxygens (including phenoxy) is 1. The van der Waals surface area contributed by atoms with E-state index in [1.807, 2.05) is 6.07 Å². The fourth-order valence-corrected chi connectivity index (χ4v) is 3.23. The summed E-state index contributed by atoms with van der Waals surface area (Å²) in [5, 5.41) is 11.1. The van der Waals surface area contributed by atoms with Crippen LogP contribution in [0, 0.1) is 11.3 Å². The van der Waals surface area contributed by atoms with Crippen molar-refractivity contribution in [1.82, 2.24) is 10.0 Å². The van der Waals surface area contributed by atoms with Crippen LogP contribution in [0.1, 0.15) is 35.5 Å². The molecule has 2 aromatic rings. The highest BCUT2D eigenvalue weighted by Crippen LogP contribution is 2.13. The monoisotopic (exact) mass is 405 g/mol. The lowest BCUT2D eigenvalue weighted by atomic mass is 10.2. The summed E-state index contributed by atoms with van der Waals surface area (Å²) in [6.07, 6.45) is 1.53. The van der Waals surface area contributed by atoms with Crippen molar-refractivity contribution in [2.75, 3.05) is 13.2 Å². The lowest BCUT2D eigenvalue weighted by Crippen LogP contribution is -2.31. The lowest BCUT2D eigenvalue weighted by molar-refractivity contribution is -0.125. The smallest absolute Gasteiger partial charge is 0.338 e. The fourth-order valence-electron chi connectivity index (χ4n) is 2.20. The van der Waals surface area contributed by atoms with Gasteiger partial charge in [-0.15, -0.1) is 0 Å². The number of hydrogen-bond acceptors (Lipinski definition) is 7. The predicted octanol–water partition coefficient (Wildman–Crippen LogP) is 1.51. The molecule has 1 atom stereocenters. The molecular formula is C18H19N3O6S. The van der Waals surface area contributed by atoms with Gasteiger partial charge in [0.15, 0.2) is 6.61 Å². The molecule has 0 fully saturated rings. The minimum atomic E-state index is -3.76. The standard InChI is InChI=1S/C18H19N3O6S/c1-13(16-4-2-11-26-16)21-17(22)12-27-18(23)14-5-7-15(8-6-14)28(24,25)20-10-3-9-19/h2,4-8,11,13,20H,3,10,12H2,1H3,(H,21,22). The summed E-state index contributed by atoms with van der Waals surface area (Å²) in [6, 6.07) is 9.91. The van der Waals surface area contributed by atoms with Gasteiger partial charge >= 0.3 is 5.97 Å². The second-order valence-corrected chi connectivity index (χ2v) is 7.48. The predicted molar refractivity (Wildman–Crippen MR) is 97.4 cm³/mol.